The molecule has 2 N–H and O–H groups in total. The van der Waals surface area contributed by atoms with Crippen LogP contribution >= 0.6 is 0 Å². The number of benzene rings is 1. The van der Waals surface area contributed by atoms with Crippen LogP contribution in [0.15, 0.2) is 30.5 Å². The quantitative estimate of drug-likeness (QED) is 0.672. The summed E-state index contributed by atoms with van der Waals surface area (Å²) in [5.41, 5.74) is 5.94. The lowest BCUT2D eigenvalue weighted by atomic mass is 9.98. The number of methoxy groups -OCH3 is 1. The van der Waals surface area contributed by atoms with E-state index in [0.717, 1.165) is 55.1 Å². The number of anilines is 2. The summed E-state index contributed by atoms with van der Waals surface area (Å²) in [5.74, 6) is 0.528. The minimum atomic E-state index is -0.358. The number of hydrogen-bond acceptors (Lipinski definition) is 7. The fraction of sp³-hybridized carbons (Fsp3) is 0.348. The van der Waals surface area contributed by atoms with Crippen molar-refractivity contribution >= 4 is 11.6 Å². The Morgan fingerprint density at radius 3 is 2.97 bits per heavy atom. The van der Waals surface area contributed by atoms with Crippen molar-refractivity contribution in [3.05, 3.63) is 58.8 Å². The minimum Gasteiger partial charge on any atom is -0.496 e. The van der Waals surface area contributed by atoms with E-state index in [4.69, 9.17) is 14.7 Å². The second kappa shape index (κ2) is 8.20. The highest BCUT2D eigenvalue weighted by atomic mass is 19.1. The van der Waals surface area contributed by atoms with Gasteiger partial charge in [-0.25, -0.2) is 14.4 Å². The molecule has 0 fully saturated rings. The molecule has 0 spiro atoms. The lowest BCUT2D eigenvalue weighted by molar-refractivity contribution is 0.310. The highest BCUT2D eigenvalue weighted by molar-refractivity contribution is 5.73. The Kier molecular flexibility index (Phi) is 5.25. The van der Waals surface area contributed by atoms with E-state index in [0.29, 0.717) is 29.5 Å². The van der Waals surface area contributed by atoms with Crippen molar-refractivity contribution in [2.75, 3.05) is 32.6 Å². The molecule has 0 unspecified atom stereocenters. The van der Waals surface area contributed by atoms with E-state index in [1.54, 1.807) is 19.2 Å². The summed E-state index contributed by atoms with van der Waals surface area (Å²) in [5, 5.41) is 6.63. The number of hydrogen-bond donors (Lipinski definition) is 2. The Morgan fingerprint density at radius 2 is 2.10 bits per heavy atom. The van der Waals surface area contributed by atoms with Crippen LogP contribution in [0.2, 0.25) is 0 Å². The highest BCUT2D eigenvalue weighted by Crippen LogP contribution is 2.36. The van der Waals surface area contributed by atoms with Gasteiger partial charge in [-0.05, 0) is 43.8 Å². The number of pyridine rings is 1. The second-order valence-electron chi connectivity index (χ2n) is 8.01. The van der Waals surface area contributed by atoms with Gasteiger partial charge < -0.3 is 20.3 Å². The summed E-state index contributed by atoms with van der Waals surface area (Å²) in [4.78, 5) is 16.4. The standard InChI is InChI=1S/C23H25FN6O/c1-30-9-7-18-14(13-30)10-15(11-26-18)27-23-28-19-12-25-8-6-16(19)22(29-23)21-17(24)4-3-5-20(21)31-2/h3-5,10-11,25H,6-9,12-13H2,1-2H3,(H,27,28,29). The van der Waals surface area contributed by atoms with Gasteiger partial charge in [0.1, 0.15) is 11.6 Å². The number of nitrogens with zero attached hydrogens (tertiary/aromatic N) is 4. The van der Waals surface area contributed by atoms with Gasteiger partial charge in [-0.15, -0.1) is 0 Å². The average molecular weight is 420 g/mol. The molecule has 0 bridgehead atoms. The van der Waals surface area contributed by atoms with Gasteiger partial charge in [0.2, 0.25) is 5.95 Å². The zero-order valence-corrected chi connectivity index (χ0v) is 17.7. The molecular weight excluding hydrogens is 395 g/mol. The van der Waals surface area contributed by atoms with E-state index in [9.17, 15) is 4.39 Å². The van der Waals surface area contributed by atoms with E-state index >= 15 is 0 Å². The van der Waals surface area contributed by atoms with Crippen molar-refractivity contribution in [1.82, 2.24) is 25.2 Å². The van der Waals surface area contributed by atoms with Crippen molar-refractivity contribution < 1.29 is 9.13 Å². The van der Waals surface area contributed by atoms with Gasteiger partial charge in [-0.1, -0.05) is 6.07 Å². The molecule has 0 saturated heterocycles. The van der Waals surface area contributed by atoms with Crippen LogP contribution in [0, 0.1) is 5.82 Å². The minimum absolute atomic E-state index is 0.358. The molecule has 2 aliphatic rings. The fourth-order valence-electron chi connectivity index (χ4n) is 4.29. The molecule has 2 aromatic heterocycles. The van der Waals surface area contributed by atoms with Gasteiger partial charge in [0.25, 0.3) is 0 Å². The molecule has 160 valence electrons. The van der Waals surface area contributed by atoms with Crippen LogP contribution in [0.3, 0.4) is 0 Å². The van der Waals surface area contributed by atoms with Gasteiger partial charge in [0.05, 0.1) is 35.9 Å². The van der Waals surface area contributed by atoms with E-state index in [1.807, 2.05) is 6.20 Å². The maximum absolute atomic E-state index is 14.9. The van der Waals surface area contributed by atoms with Crippen molar-refractivity contribution in [1.29, 1.82) is 0 Å². The van der Waals surface area contributed by atoms with Gasteiger partial charge >= 0.3 is 0 Å². The van der Waals surface area contributed by atoms with E-state index in [-0.39, 0.29) is 5.82 Å². The van der Waals surface area contributed by atoms with Crippen LogP contribution < -0.4 is 15.4 Å². The number of likely N-dealkylation sites (N-methyl/N-ethyl adjacent to an activating group) is 1. The third kappa shape index (κ3) is 3.84. The Morgan fingerprint density at radius 1 is 1.19 bits per heavy atom. The molecule has 0 amide bonds. The second-order valence-corrected chi connectivity index (χ2v) is 8.01. The summed E-state index contributed by atoms with van der Waals surface area (Å²) < 4.78 is 20.3. The first kappa shape index (κ1) is 19.8. The summed E-state index contributed by atoms with van der Waals surface area (Å²) in [6.45, 7) is 3.30. The van der Waals surface area contributed by atoms with E-state index in [1.165, 1.54) is 11.6 Å². The van der Waals surface area contributed by atoms with Crippen LogP contribution in [0.5, 0.6) is 5.75 Å². The maximum Gasteiger partial charge on any atom is 0.228 e. The summed E-state index contributed by atoms with van der Waals surface area (Å²) in [7, 11) is 3.65. The van der Waals surface area contributed by atoms with E-state index < -0.39 is 0 Å². The smallest absolute Gasteiger partial charge is 0.228 e. The van der Waals surface area contributed by atoms with Crippen LogP contribution in [-0.2, 0) is 25.9 Å². The largest absolute Gasteiger partial charge is 0.496 e. The predicted molar refractivity (Wildman–Crippen MR) is 117 cm³/mol. The Labute approximate surface area is 180 Å². The molecule has 2 aliphatic heterocycles. The van der Waals surface area contributed by atoms with Crippen molar-refractivity contribution in [2.45, 2.75) is 25.9 Å². The molecule has 0 atom stereocenters. The Bertz CT molecular complexity index is 1140. The van der Waals surface area contributed by atoms with Crippen molar-refractivity contribution in [3.63, 3.8) is 0 Å². The monoisotopic (exact) mass is 420 g/mol. The lowest BCUT2D eigenvalue weighted by Gasteiger charge is -2.24. The molecule has 0 aliphatic carbocycles. The highest BCUT2D eigenvalue weighted by Gasteiger charge is 2.23. The van der Waals surface area contributed by atoms with Crippen LogP contribution in [-0.4, -0.2) is 47.1 Å². The number of nitrogens with one attached hydrogen (secondary N) is 2. The third-order valence-electron chi connectivity index (χ3n) is 5.86. The van der Waals surface area contributed by atoms with Crippen LogP contribution in [0.1, 0.15) is 22.5 Å². The number of rotatable bonds is 4. The molecular formula is C23H25FN6O. The molecule has 31 heavy (non-hydrogen) atoms. The van der Waals surface area contributed by atoms with Crippen molar-refractivity contribution in [2.24, 2.45) is 0 Å². The lowest BCUT2D eigenvalue weighted by Crippen LogP contribution is -2.27. The molecule has 3 aromatic rings. The topological polar surface area (TPSA) is 75.2 Å². The molecule has 7 nitrogen and oxygen atoms in total. The van der Waals surface area contributed by atoms with Gasteiger partial charge in [0.15, 0.2) is 0 Å². The van der Waals surface area contributed by atoms with Crippen LogP contribution in [0.4, 0.5) is 16.0 Å². The number of ether oxygens (including phenoxy) is 1. The Balaban J connectivity index is 1.57. The molecule has 0 saturated carbocycles. The summed E-state index contributed by atoms with van der Waals surface area (Å²) >= 11 is 0. The Hall–Kier alpha value is -3.10. The van der Waals surface area contributed by atoms with Gasteiger partial charge in [0, 0.05) is 37.3 Å². The zero-order valence-electron chi connectivity index (χ0n) is 17.7. The molecule has 8 heteroatoms. The first-order valence-corrected chi connectivity index (χ1v) is 10.5. The SMILES string of the molecule is COc1cccc(F)c1-c1nc(Nc2cnc3c(c2)CN(C)CC3)nc2c1CCNC2. The average Bonchev–Trinajstić information content (AvgIpc) is 2.78. The number of aromatic nitrogens is 3. The molecule has 5 rings (SSSR count). The predicted octanol–water partition coefficient (Wildman–Crippen LogP) is 3.06. The van der Waals surface area contributed by atoms with E-state index in [2.05, 4.69) is 33.6 Å². The summed E-state index contributed by atoms with van der Waals surface area (Å²) in [6.07, 6.45) is 3.49. The summed E-state index contributed by atoms with van der Waals surface area (Å²) in [6, 6.07) is 6.93. The molecule has 1 aromatic carbocycles. The number of halogens is 1. The molecule has 0 radical (unpaired) electrons. The maximum atomic E-state index is 14.9. The first-order chi connectivity index (χ1) is 15.1. The number of fused-ring (bicyclic) bond motifs is 2. The first-order valence-electron chi connectivity index (χ1n) is 10.5. The zero-order chi connectivity index (χ0) is 21.4. The normalized spacial score (nSPS) is 15.8. The fourth-order valence-corrected chi connectivity index (χ4v) is 4.29. The third-order valence-corrected chi connectivity index (χ3v) is 5.86. The van der Waals surface area contributed by atoms with Crippen LogP contribution in [0.25, 0.3) is 11.3 Å². The van der Waals surface area contributed by atoms with Gasteiger partial charge in [-0.2, -0.15) is 0 Å². The van der Waals surface area contributed by atoms with Gasteiger partial charge in [-0.3, -0.25) is 4.98 Å². The molecule has 4 heterocycles. The van der Waals surface area contributed by atoms with Crippen molar-refractivity contribution in [3.8, 4) is 17.0 Å².